The highest BCUT2D eigenvalue weighted by Crippen LogP contribution is 2.33. The number of rotatable bonds is 8. The minimum absolute atomic E-state index is 0.0915. The molecule has 0 saturated carbocycles. The number of nitrogens with one attached hydrogen (secondary N) is 2. The number of benzene rings is 3. The zero-order chi connectivity index (χ0) is 34.9. The molecular weight excluding hydrogens is 631 g/mol. The van der Waals surface area contributed by atoms with Crippen molar-refractivity contribution in [1.29, 1.82) is 0 Å². The van der Waals surface area contributed by atoms with Gasteiger partial charge in [0, 0.05) is 43.5 Å². The SMILES string of the molecule is C[C@@H]1CCCCO[C@@H](CN(C)Cc2ccc3c(c2)OCO3)[C@@H](C)CN([C@H](C)CO)C(=O)c2cc(NC(=O)Nc3ccc(F)cc3)ccc2O1. The average Bonchev–Trinajstić information content (AvgIpc) is 3.55. The molecule has 4 atom stereocenters. The second kappa shape index (κ2) is 16.8. The highest BCUT2D eigenvalue weighted by molar-refractivity contribution is 6.02. The lowest BCUT2D eigenvalue weighted by atomic mass is 10.0. The Labute approximate surface area is 287 Å². The minimum atomic E-state index is -0.548. The van der Waals surface area contributed by atoms with E-state index in [0.717, 1.165) is 36.3 Å². The third kappa shape index (κ3) is 9.84. The zero-order valence-electron chi connectivity index (χ0n) is 28.6. The van der Waals surface area contributed by atoms with E-state index in [1.165, 1.54) is 24.3 Å². The molecule has 3 N–H and O–H groups in total. The molecule has 49 heavy (non-hydrogen) atoms. The first-order chi connectivity index (χ1) is 23.6. The van der Waals surface area contributed by atoms with Crippen LogP contribution in [-0.2, 0) is 11.3 Å². The van der Waals surface area contributed by atoms with Gasteiger partial charge in [0.05, 0.1) is 30.4 Å². The minimum Gasteiger partial charge on any atom is -0.490 e. The fraction of sp³-hybridized carbons (Fsp3) is 0.459. The number of amides is 3. The first-order valence-corrected chi connectivity index (χ1v) is 16.8. The van der Waals surface area contributed by atoms with E-state index in [4.69, 9.17) is 18.9 Å². The van der Waals surface area contributed by atoms with Crippen LogP contribution >= 0.6 is 0 Å². The molecule has 5 rings (SSSR count). The molecule has 0 unspecified atom stereocenters. The third-order valence-electron chi connectivity index (χ3n) is 8.79. The number of fused-ring (bicyclic) bond motifs is 2. The molecule has 2 heterocycles. The number of hydrogen-bond donors (Lipinski definition) is 3. The van der Waals surface area contributed by atoms with Crippen LogP contribution in [0.15, 0.2) is 60.7 Å². The normalized spacial score (nSPS) is 20.6. The zero-order valence-corrected chi connectivity index (χ0v) is 28.6. The molecule has 0 saturated heterocycles. The molecule has 2 aliphatic heterocycles. The van der Waals surface area contributed by atoms with Crippen LogP contribution in [-0.4, -0.2) is 85.2 Å². The Morgan fingerprint density at radius 1 is 1.00 bits per heavy atom. The molecule has 12 heteroatoms. The smallest absolute Gasteiger partial charge is 0.323 e. The van der Waals surface area contributed by atoms with E-state index in [2.05, 4.69) is 22.5 Å². The molecule has 2 aliphatic rings. The van der Waals surface area contributed by atoms with E-state index in [9.17, 15) is 19.1 Å². The van der Waals surface area contributed by atoms with Gasteiger partial charge in [-0.15, -0.1) is 0 Å². The summed E-state index contributed by atoms with van der Waals surface area (Å²) in [5.41, 5.74) is 2.15. The van der Waals surface area contributed by atoms with E-state index < -0.39 is 17.9 Å². The maximum absolute atomic E-state index is 14.4. The summed E-state index contributed by atoms with van der Waals surface area (Å²) in [7, 11) is 2.04. The first kappa shape index (κ1) is 35.9. The molecule has 3 amide bonds. The van der Waals surface area contributed by atoms with Gasteiger partial charge in [0.15, 0.2) is 11.5 Å². The lowest BCUT2D eigenvalue weighted by molar-refractivity contribution is -0.0177. The van der Waals surface area contributed by atoms with Gasteiger partial charge in [-0.25, -0.2) is 9.18 Å². The van der Waals surface area contributed by atoms with Crippen molar-refractivity contribution in [3.63, 3.8) is 0 Å². The molecule has 3 aromatic rings. The highest BCUT2D eigenvalue weighted by Gasteiger charge is 2.30. The van der Waals surface area contributed by atoms with Crippen molar-refractivity contribution in [3.05, 3.63) is 77.6 Å². The Hall–Kier alpha value is -4.39. The number of ether oxygens (including phenoxy) is 4. The predicted octanol–water partition coefficient (Wildman–Crippen LogP) is 6.13. The average molecular weight is 679 g/mol. The standard InChI is InChI=1S/C37H47FN4O7/c1-24-19-42(25(2)22-43)36(44)31-18-30(40-37(45)39-29-11-9-28(38)10-12-29)13-15-32(31)49-26(3)7-5-6-16-46-35(24)21-41(4)20-27-8-14-33-34(17-27)48-23-47-33/h8-15,17-18,24-26,35,43H,5-7,16,19-23H2,1-4H3,(H2,39,40,45)/t24-,25+,26+,35-/m0/s1. The number of carbonyl (C=O) groups is 2. The summed E-state index contributed by atoms with van der Waals surface area (Å²) in [6.45, 7) is 8.01. The van der Waals surface area contributed by atoms with Crippen LogP contribution in [0.1, 0.15) is 56.0 Å². The van der Waals surface area contributed by atoms with Gasteiger partial charge in [0.25, 0.3) is 5.91 Å². The maximum atomic E-state index is 14.4. The van der Waals surface area contributed by atoms with E-state index in [-0.39, 0.29) is 43.0 Å². The number of likely N-dealkylation sites (N-methyl/N-ethyl adjacent to an activating group) is 1. The van der Waals surface area contributed by atoms with Gasteiger partial charge in [0.2, 0.25) is 6.79 Å². The number of aliphatic hydroxyl groups excluding tert-OH is 1. The molecule has 3 aromatic carbocycles. The van der Waals surface area contributed by atoms with Crippen molar-refractivity contribution >= 4 is 23.3 Å². The first-order valence-electron chi connectivity index (χ1n) is 16.8. The number of halogens is 1. The maximum Gasteiger partial charge on any atom is 0.323 e. The fourth-order valence-electron chi connectivity index (χ4n) is 6.01. The van der Waals surface area contributed by atoms with Crippen LogP contribution in [0.5, 0.6) is 17.2 Å². The molecular formula is C37H47FN4O7. The molecule has 0 aliphatic carbocycles. The van der Waals surface area contributed by atoms with Crippen molar-refractivity contribution in [2.24, 2.45) is 5.92 Å². The van der Waals surface area contributed by atoms with Crippen LogP contribution in [0.25, 0.3) is 0 Å². The Kier molecular flexibility index (Phi) is 12.3. The van der Waals surface area contributed by atoms with Crippen molar-refractivity contribution in [1.82, 2.24) is 9.80 Å². The lowest BCUT2D eigenvalue weighted by Crippen LogP contribution is -2.47. The Balaban J connectivity index is 1.36. The molecule has 11 nitrogen and oxygen atoms in total. The summed E-state index contributed by atoms with van der Waals surface area (Å²) in [6.07, 6.45) is 2.13. The van der Waals surface area contributed by atoms with E-state index in [0.29, 0.717) is 43.4 Å². The van der Waals surface area contributed by atoms with Gasteiger partial charge >= 0.3 is 6.03 Å². The number of anilines is 2. The summed E-state index contributed by atoms with van der Waals surface area (Å²) in [6, 6.07) is 15.3. The largest absolute Gasteiger partial charge is 0.490 e. The van der Waals surface area contributed by atoms with Gasteiger partial charge < -0.3 is 39.6 Å². The molecule has 264 valence electrons. The molecule has 0 bridgehead atoms. The number of nitrogens with zero attached hydrogens (tertiary/aromatic N) is 2. The second-order valence-electron chi connectivity index (χ2n) is 13.0. The molecule has 0 radical (unpaired) electrons. The summed E-state index contributed by atoms with van der Waals surface area (Å²) in [5, 5.41) is 15.7. The number of aliphatic hydroxyl groups is 1. The van der Waals surface area contributed by atoms with Gasteiger partial charge in [-0.05, 0) is 100 Å². The van der Waals surface area contributed by atoms with Crippen LogP contribution in [0.2, 0.25) is 0 Å². The van der Waals surface area contributed by atoms with Gasteiger partial charge in [0.1, 0.15) is 11.6 Å². The molecule has 0 spiro atoms. The number of carbonyl (C=O) groups excluding carboxylic acids is 2. The van der Waals surface area contributed by atoms with E-state index in [1.807, 2.05) is 32.2 Å². The number of hydrogen-bond acceptors (Lipinski definition) is 8. The van der Waals surface area contributed by atoms with Crippen LogP contribution < -0.4 is 24.8 Å². The summed E-state index contributed by atoms with van der Waals surface area (Å²) >= 11 is 0. The molecule has 0 fully saturated rings. The van der Waals surface area contributed by atoms with Crippen molar-refractivity contribution < 1.29 is 38.0 Å². The highest BCUT2D eigenvalue weighted by atomic mass is 19.1. The summed E-state index contributed by atoms with van der Waals surface area (Å²) in [4.78, 5) is 31.0. The Bertz CT molecular complexity index is 1570. The van der Waals surface area contributed by atoms with Crippen LogP contribution in [0.4, 0.5) is 20.6 Å². The summed E-state index contributed by atoms with van der Waals surface area (Å²) < 4.78 is 37.1. The van der Waals surface area contributed by atoms with Crippen LogP contribution in [0.3, 0.4) is 0 Å². The van der Waals surface area contributed by atoms with Crippen molar-refractivity contribution in [3.8, 4) is 17.2 Å². The molecule has 0 aromatic heterocycles. The summed E-state index contributed by atoms with van der Waals surface area (Å²) in [5.74, 6) is 1.06. The van der Waals surface area contributed by atoms with Gasteiger partial charge in [-0.3, -0.25) is 9.69 Å². The van der Waals surface area contributed by atoms with Gasteiger partial charge in [-0.1, -0.05) is 13.0 Å². The predicted molar refractivity (Wildman–Crippen MR) is 185 cm³/mol. The van der Waals surface area contributed by atoms with E-state index in [1.54, 1.807) is 30.0 Å². The Morgan fingerprint density at radius 3 is 2.49 bits per heavy atom. The van der Waals surface area contributed by atoms with Crippen molar-refractivity contribution in [2.75, 3.05) is 50.8 Å². The quantitative estimate of drug-likeness (QED) is 0.261. The van der Waals surface area contributed by atoms with Crippen molar-refractivity contribution in [2.45, 2.75) is 64.8 Å². The topological polar surface area (TPSA) is 122 Å². The van der Waals surface area contributed by atoms with Gasteiger partial charge in [-0.2, -0.15) is 0 Å². The Morgan fingerprint density at radius 2 is 1.71 bits per heavy atom. The second-order valence-corrected chi connectivity index (χ2v) is 13.0. The van der Waals surface area contributed by atoms with Crippen LogP contribution in [0, 0.1) is 11.7 Å². The lowest BCUT2D eigenvalue weighted by Gasteiger charge is -2.36. The third-order valence-corrected chi connectivity index (χ3v) is 8.79. The monoisotopic (exact) mass is 678 g/mol. The number of urea groups is 1. The van der Waals surface area contributed by atoms with E-state index >= 15 is 0 Å². The fourth-order valence-corrected chi connectivity index (χ4v) is 6.01.